The SMILES string of the molecule is NC(=O)Oc1cccc(CCl)n1. The van der Waals surface area contributed by atoms with Gasteiger partial charge in [-0.15, -0.1) is 11.6 Å². The summed E-state index contributed by atoms with van der Waals surface area (Å²) < 4.78 is 4.53. The molecule has 1 rings (SSSR count). The van der Waals surface area contributed by atoms with Crippen LogP contribution in [0.5, 0.6) is 5.88 Å². The monoisotopic (exact) mass is 186 g/mol. The average Bonchev–Trinajstić information content (AvgIpc) is 2.03. The number of nitrogens with zero attached hydrogens (tertiary/aromatic N) is 1. The number of hydrogen-bond donors (Lipinski definition) is 1. The first-order valence-corrected chi connectivity index (χ1v) is 3.75. The largest absolute Gasteiger partial charge is 0.411 e. The van der Waals surface area contributed by atoms with Crippen molar-refractivity contribution in [3.05, 3.63) is 23.9 Å². The number of primary amides is 1. The lowest BCUT2D eigenvalue weighted by Crippen LogP contribution is -2.17. The van der Waals surface area contributed by atoms with Crippen molar-refractivity contribution in [3.63, 3.8) is 0 Å². The number of alkyl halides is 1. The van der Waals surface area contributed by atoms with Crippen molar-refractivity contribution in [2.75, 3.05) is 0 Å². The van der Waals surface area contributed by atoms with Crippen LogP contribution in [0.2, 0.25) is 0 Å². The van der Waals surface area contributed by atoms with Gasteiger partial charge in [0.1, 0.15) is 0 Å². The van der Waals surface area contributed by atoms with Crippen LogP contribution in [0.25, 0.3) is 0 Å². The minimum absolute atomic E-state index is 0.167. The molecule has 64 valence electrons. The first-order chi connectivity index (χ1) is 5.72. The summed E-state index contributed by atoms with van der Waals surface area (Å²) in [5, 5.41) is 0. The van der Waals surface area contributed by atoms with Gasteiger partial charge in [0, 0.05) is 6.07 Å². The van der Waals surface area contributed by atoms with Gasteiger partial charge in [0.25, 0.3) is 0 Å². The number of nitrogens with two attached hydrogens (primary N) is 1. The van der Waals surface area contributed by atoms with Gasteiger partial charge < -0.3 is 10.5 Å². The highest BCUT2D eigenvalue weighted by molar-refractivity contribution is 6.16. The molecule has 2 N–H and O–H groups in total. The molecule has 0 radical (unpaired) electrons. The molecular formula is C7H7ClN2O2. The summed E-state index contributed by atoms with van der Waals surface area (Å²) in [6, 6.07) is 4.94. The zero-order valence-electron chi connectivity index (χ0n) is 6.16. The second kappa shape index (κ2) is 3.92. The molecule has 0 atom stereocenters. The number of carbonyl (C=O) groups is 1. The summed E-state index contributed by atoms with van der Waals surface area (Å²) in [7, 11) is 0. The lowest BCUT2D eigenvalue weighted by Gasteiger charge is -1.99. The summed E-state index contributed by atoms with van der Waals surface area (Å²) in [6.45, 7) is 0. The quantitative estimate of drug-likeness (QED) is 0.708. The van der Waals surface area contributed by atoms with Crippen molar-refractivity contribution < 1.29 is 9.53 Å². The summed E-state index contributed by atoms with van der Waals surface area (Å²) in [5.41, 5.74) is 5.42. The Bertz CT molecular complexity index is 290. The van der Waals surface area contributed by atoms with Crippen LogP contribution in [0, 0.1) is 0 Å². The average molecular weight is 187 g/mol. The second-order valence-electron chi connectivity index (χ2n) is 2.02. The van der Waals surface area contributed by atoms with Crippen molar-refractivity contribution in [1.29, 1.82) is 0 Å². The second-order valence-corrected chi connectivity index (χ2v) is 2.29. The van der Waals surface area contributed by atoms with E-state index in [1.807, 2.05) is 0 Å². The predicted molar refractivity (Wildman–Crippen MR) is 44.0 cm³/mol. The molecule has 0 aliphatic rings. The van der Waals surface area contributed by atoms with Gasteiger partial charge in [-0.2, -0.15) is 0 Å². The molecule has 12 heavy (non-hydrogen) atoms. The maximum atomic E-state index is 10.3. The number of halogens is 1. The number of pyridine rings is 1. The van der Waals surface area contributed by atoms with Crippen molar-refractivity contribution in [1.82, 2.24) is 4.98 Å². The highest BCUT2D eigenvalue weighted by Crippen LogP contribution is 2.08. The van der Waals surface area contributed by atoms with E-state index in [-0.39, 0.29) is 11.8 Å². The summed E-state index contributed by atoms with van der Waals surface area (Å²) in [5.74, 6) is 0.441. The summed E-state index contributed by atoms with van der Waals surface area (Å²) in [4.78, 5) is 14.2. The van der Waals surface area contributed by atoms with E-state index in [0.29, 0.717) is 5.69 Å². The molecule has 0 unspecified atom stereocenters. The Morgan fingerprint density at radius 3 is 3.00 bits per heavy atom. The van der Waals surface area contributed by atoms with Gasteiger partial charge >= 0.3 is 6.09 Å². The zero-order chi connectivity index (χ0) is 8.97. The number of carbonyl (C=O) groups excluding carboxylic acids is 1. The van der Waals surface area contributed by atoms with Crippen LogP contribution in [0.1, 0.15) is 5.69 Å². The highest BCUT2D eigenvalue weighted by Gasteiger charge is 2.00. The van der Waals surface area contributed by atoms with Crippen molar-refractivity contribution in [3.8, 4) is 5.88 Å². The Balaban J connectivity index is 2.79. The van der Waals surface area contributed by atoms with E-state index in [2.05, 4.69) is 9.72 Å². The Kier molecular flexibility index (Phi) is 2.88. The predicted octanol–water partition coefficient (Wildman–Crippen LogP) is 1.28. The third kappa shape index (κ3) is 2.39. The molecule has 5 heteroatoms. The molecule has 0 fully saturated rings. The van der Waals surface area contributed by atoms with Crippen LogP contribution in [-0.2, 0) is 5.88 Å². The Hall–Kier alpha value is -1.29. The summed E-state index contributed by atoms with van der Waals surface area (Å²) >= 11 is 5.50. The molecule has 1 amide bonds. The van der Waals surface area contributed by atoms with Crippen LogP contribution in [0.15, 0.2) is 18.2 Å². The van der Waals surface area contributed by atoms with Crippen LogP contribution >= 0.6 is 11.6 Å². The fourth-order valence-corrected chi connectivity index (χ4v) is 0.841. The molecule has 1 aromatic heterocycles. The molecule has 0 saturated carbocycles. The van der Waals surface area contributed by atoms with E-state index in [9.17, 15) is 4.79 Å². The molecule has 4 nitrogen and oxygen atoms in total. The zero-order valence-corrected chi connectivity index (χ0v) is 6.91. The Labute approximate surface area is 74.3 Å². The Morgan fingerprint density at radius 2 is 2.42 bits per heavy atom. The molecule has 0 bridgehead atoms. The van der Waals surface area contributed by atoms with E-state index in [1.54, 1.807) is 12.1 Å². The van der Waals surface area contributed by atoms with Crippen molar-refractivity contribution in [2.24, 2.45) is 5.73 Å². The summed E-state index contributed by atoms with van der Waals surface area (Å²) in [6.07, 6.45) is -0.880. The van der Waals surface area contributed by atoms with Gasteiger partial charge in [-0.25, -0.2) is 9.78 Å². The van der Waals surface area contributed by atoms with Gasteiger partial charge in [0.2, 0.25) is 5.88 Å². The maximum absolute atomic E-state index is 10.3. The normalized spacial score (nSPS) is 9.42. The van der Waals surface area contributed by atoms with Crippen LogP contribution < -0.4 is 10.5 Å². The minimum atomic E-state index is -0.880. The van der Waals surface area contributed by atoms with Gasteiger partial charge in [0.05, 0.1) is 11.6 Å². The van der Waals surface area contributed by atoms with Crippen LogP contribution in [0.3, 0.4) is 0 Å². The van der Waals surface area contributed by atoms with Crippen LogP contribution in [-0.4, -0.2) is 11.1 Å². The number of aromatic nitrogens is 1. The van der Waals surface area contributed by atoms with Gasteiger partial charge in [-0.1, -0.05) is 6.07 Å². The van der Waals surface area contributed by atoms with Crippen LogP contribution in [0.4, 0.5) is 4.79 Å². The van der Waals surface area contributed by atoms with E-state index >= 15 is 0 Å². The molecule has 1 heterocycles. The molecule has 0 aliphatic carbocycles. The number of hydrogen-bond acceptors (Lipinski definition) is 3. The third-order valence-electron chi connectivity index (χ3n) is 1.12. The lowest BCUT2D eigenvalue weighted by molar-refractivity contribution is 0.209. The fraction of sp³-hybridized carbons (Fsp3) is 0.143. The minimum Gasteiger partial charge on any atom is -0.391 e. The Morgan fingerprint density at radius 1 is 1.67 bits per heavy atom. The molecule has 1 aromatic rings. The van der Waals surface area contributed by atoms with E-state index < -0.39 is 6.09 Å². The van der Waals surface area contributed by atoms with Crippen molar-refractivity contribution >= 4 is 17.7 Å². The molecule has 0 aliphatic heterocycles. The molecule has 0 spiro atoms. The van der Waals surface area contributed by atoms with Crippen molar-refractivity contribution in [2.45, 2.75) is 5.88 Å². The molecule has 0 saturated heterocycles. The lowest BCUT2D eigenvalue weighted by atomic mass is 10.4. The first kappa shape index (κ1) is 8.80. The van der Waals surface area contributed by atoms with E-state index in [0.717, 1.165) is 0 Å². The first-order valence-electron chi connectivity index (χ1n) is 3.21. The number of ether oxygens (including phenoxy) is 1. The van der Waals surface area contributed by atoms with Gasteiger partial charge in [0.15, 0.2) is 0 Å². The number of amides is 1. The third-order valence-corrected chi connectivity index (χ3v) is 1.40. The standard InChI is InChI=1S/C7H7ClN2O2/c8-4-5-2-1-3-6(10-5)12-7(9)11/h1-3H,4H2,(H2,9,11). The molecule has 0 aromatic carbocycles. The smallest absolute Gasteiger partial charge is 0.391 e. The maximum Gasteiger partial charge on any atom is 0.411 e. The van der Waals surface area contributed by atoms with E-state index in [4.69, 9.17) is 17.3 Å². The van der Waals surface area contributed by atoms with Gasteiger partial charge in [-0.05, 0) is 6.07 Å². The van der Waals surface area contributed by atoms with Gasteiger partial charge in [-0.3, -0.25) is 0 Å². The van der Waals surface area contributed by atoms with E-state index in [1.165, 1.54) is 6.07 Å². The topological polar surface area (TPSA) is 65.2 Å². The fourth-order valence-electron chi connectivity index (χ4n) is 0.692. The number of rotatable bonds is 2. The highest BCUT2D eigenvalue weighted by atomic mass is 35.5. The molecular weight excluding hydrogens is 180 g/mol.